The summed E-state index contributed by atoms with van der Waals surface area (Å²) in [7, 11) is 1.57. The van der Waals surface area contributed by atoms with Gasteiger partial charge >= 0.3 is 0 Å². The average molecular weight is 387 g/mol. The van der Waals surface area contributed by atoms with E-state index in [2.05, 4.69) is 15.6 Å². The quantitative estimate of drug-likeness (QED) is 0.605. The second kappa shape index (κ2) is 8.43. The van der Waals surface area contributed by atoms with Crippen molar-refractivity contribution in [2.45, 2.75) is 44.7 Å². The van der Waals surface area contributed by atoms with Crippen molar-refractivity contribution in [3.63, 3.8) is 0 Å². The molecule has 8 heteroatoms. The van der Waals surface area contributed by atoms with Crippen LogP contribution in [0.5, 0.6) is 5.75 Å². The summed E-state index contributed by atoms with van der Waals surface area (Å²) in [6, 6.07) is 6.90. The molecule has 1 amide bonds. The van der Waals surface area contributed by atoms with Crippen molar-refractivity contribution in [1.29, 1.82) is 0 Å². The molecule has 0 spiro atoms. The summed E-state index contributed by atoms with van der Waals surface area (Å²) >= 11 is 0. The fraction of sp³-hybridized carbons (Fsp3) is 0.400. The first-order chi connectivity index (χ1) is 13.4. The first-order valence-electron chi connectivity index (χ1n) is 9.31. The van der Waals surface area contributed by atoms with Gasteiger partial charge in [-0.2, -0.15) is 0 Å². The van der Waals surface area contributed by atoms with Crippen molar-refractivity contribution in [1.82, 2.24) is 4.98 Å². The van der Waals surface area contributed by atoms with Crippen molar-refractivity contribution in [2.24, 2.45) is 11.5 Å². The van der Waals surface area contributed by atoms with Crippen LogP contribution >= 0.6 is 0 Å². The van der Waals surface area contributed by atoms with Crippen LogP contribution < -0.4 is 26.8 Å². The summed E-state index contributed by atoms with van der Waals surface area (Å²) < 4.78 is 19.8. The minimum absolute atomic E-state index is 0.0193. The second-order valence-electron chi connectivity index (χ2n) is 7.20. The minimum Gasteiger partial charge on any atom is -0.497 e. The topological polar surface area (TPSA) is 115 Å². The van der Waals surface area contributed by atoms with Crippen LogP contribution in [-0.4, -0.2) is 30.1 Å². The molecule has 2 aromatic rings. The number of rotatable bonds is 6. The third kappa shape index (κ3) is 4.69. The summed E-state index contributed by atoms with van der Waals surface area (Å²) in [6.45, 7) is 1.92. The number of primary amides is 1. The SMILES string of the molecule is COc1cc(C)cc(Nc2nc(NC3CCC(N)CC3)c(F)cc2C(N)=O)c1. The Hall–Kier alpha value is -2.87. The molecular weight excluding hydrogens is 361 g/mol. The monoisotopic (exact) mass is 387 g/mol. The van der Waals surface area contributed by atoms with Gasteiger partial charge in [0.15, 0.2) is 11.6 Å². The molecule has 3 rings (SSSR count). The number of nitrogens with one attached hydrogen (secondary N) is 2. The smallest absolute Gasteiger partial charge is 0.252 e. The number of methoxy groups -OCH3 is 1. The molecule has 1 aliphatic carbocycles. The van der Waals surface area contributed by atoms with E-state index >= 15 is 0 Å². The van der Waals surface area contributed by atoms with E-state index in [4.69, 9.17) is 16.2 Å². The Bertz CT molecular complexity index is 866. The number of hydrogen-bond donors (Lipinski definition) is 4. The van der Waals surface area contributed by atoms with Crippen LogP contribution in [0.15, 0.2) is 24.3 Å². The summed E-state index contributed by atoms with van der Waals surface area (Å²) in [5, 5.41) is 6.20. The highest BCUT2D eigenvalue weighted by atomic mass is 19.1. The molecule has 1 aliphatic rings. The molecule has 0 bridgehead atoms. The number of nitrogens with zero attached hydrogens (tertiary/aromatic N) is 1. The van der Waals surface area contributed by atoms with Crippen LogP contribution in [0, 0.1) is 12.7 Å². The number of hydrogen-bond acceptors (Lipinski definition) is 6. The second-order valence-corrected chi connectivity index (χ2v) is 7.20. The lowest BCUT2D eigenvalue weighted by molar-refractivity contribution is 0.100. The van der Waals surface area contributed by atoms with Crippen LogP contribution in [-0.2, 0) is 0 Å². The first-order valence-corrected chi connectivity index (χ1v) is 9.31. The largest absolute Gasteiger partial charge is 0.497 e. The number of ether oxygens (including phenoxy) is 1. The van der Waals surface area contributed by atoms with E-state index in [-0.39, 0.29) is 29.3 Å². The van der Waals surface area contributed by atoms with Gasteiger partial charge in [-0.15, -0.1) is 0 Å². The molecule has 150 valence electrons. The highest BCUT2D eigenvalue weighted by Crippen LogP contribution is 2.28. The Morgan fingerprint density at radius 3 is 2.54 bits per heavy atom. The van der Waals surface area contributed by atoms with Crippen molar-refractivity contribution < 1.29 is 13.9 Å². The number of carbonyl (C=O) groups excluding carboxylic acids is 1. The summed E-state index contributed by atoms with van der Waals surface area (Å²) in [5.41, 5.74) is 13.0. The zero-order chi connectivity index (χ0) is 20.3. The normalized spacial score (nSPS) is 19.1. The van der Waals surface area contributed by atoms with Gasteiger partial charge in [0.2, 0.25) is 0 Å². The molecule has 1 fully saturated rings. The number of halogens is 1. The Balaban J connectivity index is 1.90. The van der Waals surface area contributed by atoms with Gasteiger partial charge in [-0.25, -0.2) is 9.37 Å². The van der Waals surface area contributed by atoms with E-state index in [1.54, 1.807) is 13.2 Å². The van der Waals surface area contributed by atoms with Gasteiger partial charge in [-0.1, -0.05) is 0 Å². The minimum atomic E-state index is -0.760. The molecule has 7 nitrogen and oxygen atoms in total. The van der Waals surface area contributed by atoms with Crippen LogP contribution in [0.3, 0.4) is 0 Å². The van der Waals surface area contributed by atoms with E-state index in [0.717, 1.165) is 37.3 Å². The maximum absolute atomic E-state index is 14.5. The predicted octanol–water partition coefficient (Wildman–Crippen LogP) is 3.06. The molecule has 0 radical (unpaired) electrons. The lowest BCUT2D eigenvalue weighted by Gasteiger charge is -2.27. The van der Waals surface area contributed by atoms with E-state index < -0.39 is 11.7 Å². The van der Waals surface area contributed by atoms with Crippen molar-refractivity contribution in [3.8, 4) is 5.75 Å². The fourth-order valence-electron chi connectivity index (χ4n) is 3.40. The van der Waals surface area contributed by atoms with E-state index in [0.29, 0.717) is 11.4 Å². The third-order valence-corrected chi connectivity index (χ3v) is 4.90. The zero-order valence-corrected chi connectivity index (χ0v) is 16.1. The molecule has 0 saturated heterocycles. The molecule has 1 saturated carbocycles. The number of carbonyl (C=O) groups is 1. The average Bonchev–Trinajstić information content (AvgIpc) is 2.65. The summed E-state index contributed by atoms with van der Waals surface area (Å²) in [6.07, 6.45) is 3.45. The molecule has 1 aromatic carbocycles. The first kappa shape index (κ1) is 19.9. The maximum Gasteiger partial charge on any atom is 0.252 e. The van der Waals surface area contributed by atoms with Gasteiger partial charge in [-0.3, -0.25) is 4.79 Å². The van der Waals surface area contributed by atoms with Gasteiger partial charge in [0.05, 0.1) is 12.7 Å². The molecule has 0 unspecified atom stereocenters. The lowest BCUT2D eigenvalue weighted by Crippen LogP contribution is -2.33. The number of amides is 1. The van der Waals surface area contributed by atoms with Gasteiger partial charge < -0.3 is 26.8 Å². The van der Waals surface area contributed by atoms with Crippen LogP contribution in [0.1, 0.15) is 41.6 Å². The molecule has 1 heterocycles. The van der Waals surface area contributed by atoms with Crippen molar-refractivity contribution >= 4 is 23.2 Å². The Morgan fingerprint density at radius 2 is 1.89 bits per heavy atom. The van der Waals surface area contributed by atoms with Crippen LogP contribution in [0.25, 0.3) is 0 Å². The molecule has 0 aliphatic heterocycles. The third-order valence-electron chi connectivity index (χ3n) is 4.90. The highest BCUT2D eigenvalue weighted by Gasteiger charge is 2.22. The zero-order valence-electron chi connectivity index (χ0n) is 16.1. The molecule has 28 heavy (non-hydrogen) atoms. The molecular formula is C20H26FN5O2. The Kier molecular flexibility index (Phi) is 5.99. The van der Waals surface area contributed by atoms with Gasteiger partial charge in [0, 0.05) is 23.8 Å². The number of pyridine rings is 1. The predicted molar refractivity (Wildman–Crippen MR) is 108 cm³/mol. The Morgan fingerprint density at radius 1 is 1.18 bits per heavy atom. The van der Waals surface area contributed by atoms with Gasteiger partial charge in [0.25, 0.3) is 5.91 Å². The standard InChI is InChI=1S/C20H26FN5O2/c1-11-7-14(9-15(8-11)28-2)25-19-16(18(23)27)10-17(21)20(26-19)24-13-5-3-12(22)4-6-13/h7-10,12-13H,3-6,22H2,1-2H3,(H2,23,27)(H2,24,25,26). The molecule has 0 atom stereocenters. The molecule has 1 aromatic heterocycles. The van der Waals surface area contributed by atoms with E-state index in [1.165, 1.54) is 0 Å². The fourth-order valence-corrected chi connectivity index (χ4v) is 3.40. The van der Waals surface area contributed by atoms with Gasteiger partial charge in [0.1, 0.15) is 11.6 Å². The number of anilines is 3. The number of aryl methyl sites for hydroxylation is 1. The van der Waals surface area contributed by atoms with E-state index in [9.17, 15) is 9.18 Å². The van der Waals surface area contributed by atoms with Crippen molar-refractivity contribution in [3.05, 3.63) is 41.2 Å². The number of nitrogens with two attached hydrogens (primary N) is 2. The summed E-state index contributed by atoms with van der Waals surface area (Å²) in [5.74, 6) is -0.439. The van der Waals surface area contributed by atoms with Crippen LogP contribution in [0.2, 0.25) is 0 Å². The summed E-state index contributed by atoms with van der Waals surface area (Å²) in [4.78, 5) is 16.1. The van der Waals surface area contributed by atoms with Crippen LogP contribution in [0.4, 0.5) is 21.7 Å². The van der Waals surface area contributed by atoms with Crippen molar-refractivity contribution in [2.75, 3.05) is 17.7 Å². The number of benzene rings is 1. The number of aromatic nitrogens is 1. The maximum atomic E-state index is 14.5. The Labute approximate surface area is 163 Å². The highest BCUT2D eigenvalue weighted by molar-refractivity contribution is 5.98. The lowest BCUT2D eigenvalue weighted by atomic mass is 9.92. The van der Waals surface area contributed by atoms with Gasteiger partial charge in [-0.05, 0) is 56.4 Å². The van der Waals surface area contributed by atoms with E-state index in [1.807, 2.05) is 19.1 Å². The molecule has 6 N–H and O–H groups in total.